The Bertz CT molecular complexity index is 676. The molecule has 0 bridgehead atoms. The minimum absolute atomic E-state index is 0.0205. The number of amides is 1. The molecule has 21 heavy (non-hydrogen) atoms. The molecule has 0 radical (unpaired) electrons. The molecule has 5 heteroatoms. The van der Waals surface area contributed by atoms with Crippen LogP contribution in [0.25, 0.3) is 11.0 Å². The third kappa shape index (κ3) is 2.60. The summed E-state index contributed by atoms with van der Waals surface area (Å²) in [6.07, 6.45) is 4.36. The third-order valence-corrected chi connectivity index (χ3v) is 4.11. The number of nitrogens with zero attached hydrogens (tertiary/aromatic N) is 2. The first kappa shape index (κ1) is 13.9. The second-order valence-electron chi connectivity index (χ2n) is 5.49. The lowest BCUT2D eigenvalue weighted by Crippen LogP contribution is -2.23. The maximum Gasteiger partial charge on any atom is 0.216 e. The van der Waals surface area contributed by atoms with E-state index in [9.17, 15) is 4.79 Å². The summed E-state index contributed by atoms with van der Waals surface area (Å²) in [6, 6.07) is 4.01. The molecule has 1 aliphatic heterocycles. The van der Waals surface area contributed by atoms with Crippen molar-refractivity contribution < 1.29 is 9.53 Å². The predicted octanol–water partition coefficient (Wildman–Crippen LogP) is 2.06. The Morgan fingerprint density at radius 1 is 1.43 bits per heavy atom. The number of pyridine rings is 1. The molecule has 0 fully saturated rings. The molecule has 0 aromatic carbocycles. The van der Waals surface area contributed by atoms with Gasteiger partial charge in [0, 0.05) is 37.2 Å². The van der Waals surface area contributed by atoms with E-state index in [4.69, 9.17) is 4.74 Å². The number of carbonyl (C=O) groups excluding carboxylic acids is 1. The first-order chi connectivity index (χ1) is 10.2. The summed E-state index contributed by atoms with van der Waals surface area (Å²) in [5.41, 5.74) is 3.72. The molecule has 1 N–H and O–H groups in total. The van der Waals surface area contributed by atoms with Gasteiger partial charge in [0.15, 0.2) is 0 Å². The normalized spacial score (nSPS) is 14.0. The van der Waals surface area contributed by atoms with E-state index in [2.05, 4.69) is 20.9 Å². The number of rotatable bonds is 4. The molecule has 1 amide bonds. The van der Waals surface area contributed by atoms with Gasteiger partial charge >= 0.3 is 0 Å². The van der Waals surface area contributed by atoms with E-state index < -0.39 is 0 Å². The van der Waals surface area contributed by atoms with E-state index in [0.29, 0.717) is 12.4 Å². The van der Waals surface area contributed by atoms with Gasteiger partial charge < -0.3 is 14.6 Å². The lowest BCUT2D eigenvalue weighted by molar-refractivity contribution is -0.118. The Hall–Kier alpha value is -2.04. The molecule has 0 spiro atoms. The van der Waals surface area contributed by atoms with Crippen molar-refractivity contribution in [3.05, 3.63) is 23.4 Å². The largest absolute Gasteiger partial charge is 0.481 e. The van der Waals surface area contributed by atoms with Crippen LogP contribution >= 0.6 is 0 Å². The summed E-state index contributed by atoms with van der Waals surface area (Å²) < 4.78 is 7.58. The first-order valence-electron chi connectivity index (χ1n) is 7.50. The number of hydrogen-bond acceptors (Lipinski definition) is 3. The van der Waals surface area contributed by atoms with Crippen molar-refractivity contribution in [3.8, 4) is 5.88 Å². The van der Waals surface area contributed by atoms with Crippen molar-refractivity contribution in [2.75, 3.05) is 13.7 Å². The van der Waals surface area contributed by atoms with Crippen LogP contribution < -0.4 is 10.1 Å². The Kier molecular flexibility index (Phi) is 3.82. The molecule has 2 aromatic heterocycles. The van der Waals surface area contributed by atoms with Crippen molar-refractivity contribution in [1.82, 2.24) is 14.9 Å². The number of methoxy groups -OCH3 is 1. The monoisotopic (exact) mass is 287 g/mol. The zero-order valence-electron chi connectivity index (χ0n) is 12.6. The van der Waals surface area contributed by atoms with Crippen LogP contribution in [0, 0.1) is 0 Å². The quantitative estimate of drug-likeness (QED) is 0.936. The average Bonchev–Trinajstić information content (AvgIpc) is 2.81. The lowest BCUT2D eigenvalue weighted by Gasteiger charge is -2.17. The van der Waals surface area contributed by atoms with E-state index in [1.54, 1.807) is 14.0 Å². The van der Waals surface area contributed by atoms with Gasteiger partial charge in [-0.05, 0) is 37.3 Å². The Balaban J connectivity index is 2.03. The SMILES string of the molecule is COc1ccc2c(CCNC(C)=O)c3n(c2n1)CCCC3. The van der Waals surface area contributed by atoms with E-state index >= 15 is 0 Å². The Labute approximate surface area is 124 Å². The average molecular weight is 287 g/mol. The van der Waals surface area contributed by atoms with Gasteiger partial charge in [-0.25, -0.2) is 0 Å². The summed E-state index contributed by atoms with van der Waals surface area (Å²) in [5, 5.41) is 4.08. The van der Waals surface area contributed by atoms with Gasteiger partial charge in [0.1, 0.15) is 5.65 Å². The fourth-order valence-electron chi connectivity index (χ4n) is 3.16. The highest BCUT2D eigenvalue weighted by Gasteiger charge is 2.20. The standard InChI is InChI=1S/C16H21N3O2/c1-11(20)17-9-8-12-13-6-7-15(21-2)18-16(13)19-10-4-3-5-14(12)19/h6-7H,3-5,8-10H2,1-2H3,(H,17,20). The van der Waals surface area contributed by atoms with Crippen molar-refractivity contribution in [3.63, 3.8) is 0 Å². The van der Waals surface area contributed by atoms with Gasteiger partial charge in [-0.2, -0.15) is 4.98 Å². The highest BCUT2D eigenvalue weighted by molar-refractivity contribution is 5.83. The van der Waals surface area contributed by atoms with Crippen molar-refractivity contribution in [2.45, 2.75) is 39.2 Å². The number of aromatic nitrogens is 2. The number of nitrogens with one attached hydrogen (secondary N) is 1. The van der Waals surface area contributed by atoms with Crippen molar-refractivity contribution in [1.29, 1.82) is 0 Å². The molecule has 0 saturated carbocycles. The zero-order chi connectivity index (χ0) is 14.8. The molecular weight excluding hydrogens is 266 g/mol. The topological polar surface area (TPSA) is 56.1 Å². The maximum absolute atomic E-state index is 11.1. The van der Waals surface area contributed by atoms with Crippen molar-refractivity contribution >= 4 is 16.9 Å². The second kappa shape index (κ2) is 5.76. The van der Waals surface area contributed by atoms with Gasteiger partial charge in [-0.15, -0.1) is 0 Å². The van der Waals surface area contributed by atoms with Crippen LogP contribution in [-0.2, 0) is 24.2 Å². The van der Waals surface area contributed by atoms with Gasteiger partial charge in [0.2, 0.25) is 11.8 Å². The van der Waals surface area contributed by atoms with Crippen LogP contribution in [0.1, 0.15) is 31.0 Å². The van der Waals surface area contributed by atoms with Gasteiger partial charge in [0.05, 0.1) is 7.11 Å². The molecular formula is C16H21N3O2. The lowest BCUT2D eigenvalue weighted by atomic mass is 10.0. The number of hydrogen-bond donors (Lipinski definition) is 1. The van der Waals surface area contributed by atoms with Crippen LogP contribution in [0.4, 0.5) is 0 Å². The summed E-state index contributed by atoms with van der Waals surface area (Å²) in [5.74, 6) is 0.675. The molecule has 1 aliphatic rings. The van der Waals surface area contributed by atoms with Gasteiger partial charge in [0.25, 0.3) is 0 Å². The molecule has 3 heterocycles. The van der Waals surface area contributed by atoms with Gasteiger partial charge in [-0.3, -0.25) is 4.79 Å². The smallest absolute Gasteiger partial charge is 0.216 e. The molecule has 0 saturated heterocycles. The molecule has 2 aromatic rings. The highest BCUT2D eigenvalue weighted by Crippen LogP contribution is 2.31. The van der Waals surface area contributed by atoms with Crippen molar-refractivity contribution in [2.24, 2.45) is 0 Å². The number of ether oxygens (including phenoxy) is 1. The zero-order valence-corrected chi connectivity index (χ0v) is 12.6. The fourth-order valence-corrected chi connectivity index (χ4v) is 3.16. The minimum atomic E-state index is 0.0205. The van der Waals surface area contributed by atoms with E-state index in [1.165, 1.54) is 29.5 Å². The first-order valence-corrected chi connectivity index (χ1v) is 7.50. The molecule has 3 rings (SSSR count). The van der Waals surface area contributed by atoms with Crippen LogP contribution in [0.3, 0.4) is 0 Å². The Morgan fingerprint density at radius 3 is 3.05 bits per heavy atom. The highest BCUT2D eigenvalue weighted by atomic mass is 16.5. The maximum atomic E-state index is 11.1. The molecule has 5 nitrogen and oxygen atoms in total. The van der Waals surface area contributed by atoms with E-state index in [1.807, 2.05) is 6.07 Å². The van der Waals surface area contributed by atoms with Crippen LogP contribution in [0.2, 0.25) is 0 Å². The summed E-state index contributed by atoms with van der Waals surface area (Å²) in [6.45, 7) is 3.25. The van der Waals surface area contributed by atoms with Crippen LogP contribution in [0.5, 0.6) is 5.88 Å². The number of aryl methyl sites for hydroxylation is 1. The fraction of sp³-hybridized carbons (Fsp3) is 0.500. The summed E-state index contributed by atoms with van der Waals surface area (Å²) in [7, 11) is 1.64. The second-order valence-corrected chi connectivity index (χ2v) is 5.49. The van der Waals surface area contributed by atoms with E-state index in [0.717, 1.165) is 25.0 Å². The minimum Gasteiger partial charge on any atom is -0.481 e. The molecule has 112 valence electrons. The molecule has 0 atom stereocenters. The summed E-state index contributed by atoms with van der Waals surface area (Å²) in [4.78, 5) is 15.7. The number of fused-ring (bicyclic) bond motifs is 3. The summed E-state index contributed by atoms with van der Waals surface area (Å²) >= 11 is 0. The number of carbonyl (C=O) groups is 1. The Morgan fingerprint density at radius 2 is 2.29 bits per heavy atom. The third-order valence-electron chi connectivity index (χ3n) is 4.11. The van der Waals surface area contributed by atoms with Crippen LogP contribution in [-0.4, -0.2) is 29.1 Å². The van der Waals surface area contributed by atoms with Gasteiger partial charge in [-0.1, -0.05) is 0 Å². The predicted molar refractivity (Wildman–Crippen MR) is 81.6 cm³/mol. The van der Waals surface area contributed by atoms with Crippen LogP contribution in [0.15, 0.2) is 12.1 Å². The van der Waals surface area contributed by atoms with E-state index in [-0.39, 0.29) is 5.91 Å². The molecule has 0 unspecified atom stereocenters. The molecule has 0 aliphatic carbocycles.